The number of fused-ring (bicyclic) bond motifs is 1. The molecule has 0 unspecified atom stereocenters. The van der Waals surface area contributed by atoms with E-state index >= 15 is 0 Å². The first kappa shape index (κ1) is 5.47. The monoisotopic (exact) mass is 134 g/mol. The van der Waals surface area contributed by atoms with Crippen molar-refractivity contribution in [2.45, 2.75) is 0 Å². The molecule has 0 spiro atoms. The molecule has 0 N–H and O–H groups in total. The molecule has 0 saturated heterocycles. The molecule has 2 rings (SSSR count). The number of rotatable bonds is 0. The van der Waals surface area contributed by atoms with Crippen LogP contribution in [0.25, 0.3) is 6.08 Å². The summed E-state index contributed by atoms with van der Waals surface area (Å²) in [5, 5.41) is 3.65. The van der Waals surface area contributed by atoms with Gasteiger partial charge in [-0.25, -0.2) is 5.32 Å². The molecule has 0 bridgehead atoms. The van der Waals surface area contributed by atoms with Crippen molar-refractivity contribution in [3.63, 3.8) is 0 Å². The van der Waals surface area contributed by atoms with E-state index in [0.29, 0.717) is 0 Å². The standard InChI is InChI=1S/C8H5FN/c9-8-5-6-3-1-2-4-7(6)10-8/h1-5H. The fourth-order valence-corrected chi connectivity index (χ4v) is 0.987. The SMILES string of the molecule is FC1=Cc2ccccc2[N]1. The van der Waals surface area contributed by atoms with Crippen molar-refractivity contribution in [1.82, 2.24) is 5.32 Å². The van der Waals surface area contributed by atoms with Gasteiger partial charge in [-0.05, 0) is 6.07 Å². The van der Waals surface area contributed by atoms with Gasteiger partial charge in [0.1, 0.15) is 0 Å². The van der Waals surface area contributed by atoms with Crippen LogP contribution in [0.5, 0.6) is 0 Å². The molecular weight excluding hydrogens is 129 g/mol. The summed E-state index contributed by atoms with van der Waals surface area (Å²) < 4.78 is 12.4. The highest BCUT2D eigenvalue weighted by molar-refractivity contribution is 5.70. The van der Waals surface area contributed by atoms with Gasteiger partial charge < -0.3 is 0 Å². The molecule has 1 heterocycles. The van der Waals surface area contributed by atoms with E-state index in [9.17, 15) is 4.39 Å². The highest BCUT2D eigenvalue weighted by atomic mass is 19.1. The molecule has 1 aromatic carbocycles. The predicted molar refractivity (Wildman–Crippen MR) is 37.3 cm³/mol. The van der Waals surface area contributed by atoms with Crippen LogP contribution in [0.2, 0.25) is 0 Å². The quantitative estimate of drug-likeness (QED) is 0.483. The highest BCUT2D eigenvalue weighted by Crippen LogP contribution is 2.26. The molecule has 0 amide bonds. The summed E-state index contributed by atoms with van der Waals surface area (Å²) in [5.41, 5.74) is 1.58. The molecule has 1 radical (unpaired) electrons. The number of hydrogen-bond donors (Lipinski definition) is 0. The Morgan fingerprint density at radius 3 is 2.80 bits per heavy atom. The largest absolute Gasteiger partial charge is 0.220 e. The maximum atomic E-state index is 12.4. The normalized spacial score (nSPS) is 13.9. The fourth-order valence-electron chi connectivity index (χ4n) is 0.987. The Bertz CT molecular complexity index is 291. The summed E-state index contributed by atoms with van der Waals surface area (Å²) in [4.78, 5) is 0. The Labute approximate surface area is 58.2 Å². The lowest BCUT2D eigenvalue weighted by Crippen LogP contribution is -1.84. The number of nitrogens with zero attached hydrogens (tertiary/aromatic N) is 1. The summed E-state index contributed by atoms with van der Waals surface area (Å²) in [7, 11) is 0. The van der Waals surface area contributed by atoms with Gasteiger partial charge in [-0.3, -0.25) is 0 Å². The molecule has 2 heteroatoms. The van der Waals surface area contributed by atoms with Crippen molar-refractivity contribution in [3.8, 4) is 0 Å². The predicted octanol–water partition coefficient (Wildman–Crippen LogP) is 2.20. The van der Waals surface area contributed by atoms with Crippen molar-refractivity contribution in [2.75, 3.05) is 0 Å². The van der Waals surface area contributed by atoms with Crippen molar-refractivity contribution >= 4 is 11.8 Å². The minimum atomic E-state index is -0.402. The van der Waals surface area contributed by atoms with Gasteiger partial charge in [0.15, 0.2) is 0 Å². The van der Waals surface area contributed by atoms with Crippen molar-refractivity contribution < 1.29 is 4.39 Å². The van der Waals surface area contributed by atoms with Gasteiger partial charge in [0.2, 0.25) is 5.95 Å². The van der Waals surface area contributed by atoms with Crippen LogP contribution in [0.15, 0.2) is 30.2 Å². The van der Waals surface area contributed by atoms with Crippen LogP contribution >= 0.6 is 0 Å². The summed E-state index contributed by atoms with van der Waals surface area (Å²) in [6.45, 7) is 0. The Hall–Kier alpha value is -1.31. The number of benzene rings is 1. The van der Waals surface area contributed by atoms with E-state index in [1.54, 1.807) is 6.07 Å². The molecule has 1 aliphatic rings. The number of hydrogen-bond acceptors (Lipinski definition) is 0. The van der Waals surface area contributed by atoms with E-state index in [2.05, 4.69) is 5.32 Å². The van der Waals surface area contributed by atoms with Crippen LogP contribution in [0.4, 0.5) is 10.1 Å². The van der Waals surface area contributed by atoms with Crippen LogP contribution in [0.3, 0.4) is 0 Å². The Morgan fingerprint density at radius 1 is 1.20 bits per heavy atom. The average molecular weight is 134 g/mol. The molecule has 1 aliphatic heterocycles. The number of halogens is 1. The molecule has 0 aliphatic carbocycles. The zero-order chi connectivity index (χ0) is 6.97. The summed E-state index contributed by atoms with van der Waals surface area (Å²) in [5.74, 6) is -0.402. The van der Waals surface area contributed by atoms with Gasteiger partial charge in [-0.1, -0.05) is 18.2 Å². The smallest absolute Gasteiger partial charge is 0.214 e. The van der Waals surface area contributed by atoms with Crippen LogP contribution in [-0.4, -0.2) is 0 Å². The van der Waals surface area contributed by atoms with E-state index < -0.39 is 5.95 Å². The van der Waals surface area contributed by atoms with Crippen molar-refractivity contribution in [2.24, 2.45) is 0 Å². The second-order valence-electron chi connectivity index (χ2n) is 2.14. The molecule has 0 saturated carbocycles. The van der Waals surface area contributed by atoms with E-state index in [1.165, 1.54) is 6.08 Å². The second kappa shape index (κ2) is 1.84. The summed E-state index contributed by atoms with van der Waals surface area (Å²) in [6.07, 6.45) is 1.43. The summed E-state index contributed by atoms with van der Waals surface area (Å²) >= 11 is 0. The van der Waals surface area contributed by atoms with Crippen LogP contribution in [0, 0.1) is 0 Å². The third-order valence-corrected chi connectivity index (χ3v) is 1.44. The maximum absolute atomic E-state index is 12.4. The topological polar surface area (TPSA) is 14.1 Å². The van der Waals surface area contributed by atoms with Gasteiger partial charge >= 0.3 is 0 Å². The lowest BCUT2D eigenvalue weighted by atomic mass is 10.2. The first-order chi connectivity index (χ1) is 4.86. The number of para-hydroxylation sites is 1. The third-order valence-electron chi connectivity index (χ3n) is 1.44. The zero-order valence-electron chi connectivity index (χ0n) is 5.21. The minimum absolute atomic E-state index is 0.402. The molecule has 49 valence electrons. The fraction of sp³-hybridized carbons (Fsp3) is 0. The molecule has 0 atom stereocenters. The highest BCUT2D eigenvalue weighted by Gasteiger charge is 2.10. The first-order valence-corrected chi connectivity index (χ1v) is 3.04. The minimum Gasteiger partial charge on any atom is -0.220 e. The molecule has 0 aromatic heterocycles. The van der Waals surface area contributed by atoms with E-state index in [-0.39, 0.29) is 0 Å². The van der Waals surface area contributed by atoms with E-state index in [1.807, 2.05) is 18.2 Å². The van der Waals surface area contributed by atoms with Gasteiger partial charge in [0.05, 0.1) is 5.69 Å². The van der Waals surface area contributed by atoms with Gasteiger partial charge in [-0.15, -0.1) is 0 Å². The zero-order valence-corrected chi connectivity index (χ0v) is 5.21. The molecule has 1 nitrogen and oxygen atoms in total. The average Bonchev–Trinajstić information content (AvgIpc) is 2.27. The third kappa shape index (κ3) is 0.692. The van der Waals surface area contributed by atoms with E-state index in [4.69, 9.17) is 0 Å². The van der Waals surface area contributed by atoms with Crippen molar-refractivity contribution in [3.05, 3.63) is 35.8 Å². The molecule has 0 fully saturated rings. The van der Waals surface area contributed by atoms with Gasteiger partial charge in [-0.2, -0.15) is 4.39 Å². The van der Waals surface area contributed by atoms with Crippen LogP contribution in [-0.2, 0) is 0 Å². The van der Waals surface area contributed by atoms with Crippen LogP contribution < -0.4 is 5.32 Å². The summed E-state index contributed by atoms with van der Waals surface area (Å²) in [6, 6.07) is 7.34. The molecular formula is C8H5FN. The Kier molecular flexibility index (Phi) is 1.01. The first-order valence-electron chi connectivity index (χ1n) is 3.04. The maximum Gasteiger partial charge on any atom is 0.214 e. The van der Waals surface area contributed by atoms with Gasteiger partial charge in [0.25, 0.3) is 0 Å². The van der Waals surface area contributed by atoms with Crippen molar-refractivity contribution in [1.29, 1.82) is 0 Å². The van der Waals surface area contributed by atoms with Crippen LogP contribution in [0.1, 0.15) is 5.56 Å². The molecule has 1 aromatic rings. The Morgan fingerprint density at radius 2 is 2.00 bits per heavy atom. The molecule has 10 heavy (non-hydrogen) atoms. The Balaban J connectivity index is 2.54. The lowest BCUT2D eigenvalue weighted by Gasteiger charge is -1.92. The second-order valence-corrected chi connectivity index (χ2v) is 2.14. The lowest BCUT2D eigenvalue weighted by molar-refractivity contribution is 0.599. The van der Waals surface area contributed by atoms with Gasteiger partial charge in [0, 0.05) is 11.6 Å². The van der Waals surface area contributed by atoms with E-state index in [0.717, 1.165) is 11.3 Å².